The molecule has 0 radical (unpaired) electrons. The highest BCUT2D eigenvalue weighted by molar-refractivity contribution is 6.25. The van der Waals surface area contributed by atoms with Crippen molar-refractivity contribution >= 4 is 11.6 Å². The molecule has 2 rings (SSSR count). The lowest BCUT2D eigenvalue weighted by molar-refractivity contribution is 0.363. The number of rotatable bonds is 5. The normalized spacial score (nSPS) is 11.5. The number of para-hydroxylation sites is 1. The van der Waals surface area contributed by atoms with Gasteiger partial charge in [0.1, 0.15) is 0 Å². The number of aromatic nitrogens is 2. The average Bonchev–Trinajstić information content (AvgIpc) is 2.86. The molecule has 0 aliphatic heterocycles. The highest BCUT2D eigenvalue weighted by atomic mass is 35.5. The highest BCUT2D eigenvalue weighted by Gasteiger charge is 2.03. The zero-order valence-corrected chi connectivity index (χ0v) is 11.1. The summed E-state index contributed by atoms with van der Waals surface area (Å²) in [5.74, 6) is 0. The fourth-order valence-corrected chi connectivity index (χ4v) is 1.84. The maximum atomic E-state index is 5.51. The lowest BCUT2D eigenvalue weighted by atomic mass is 10.3. The minimum atomic E-state index is 0.833. The van der Waals surface area contributed by atoms with Crippen LogP contribution in [0.3, 0.4) is 0 Å². The predicted molar refractivity (Wildman–Crippen MR) is 74.9 cm³/mol. The first-order valence-electron chi connectivity index (χ1n) is 5.82. The molecule has 1 heterocycles. The van der Waals surface area contributed by atoms with E-state index in [9.17, 15) is 0 Å². The Labute approximate surface area is 112 Å². The Morgan fingerprint density at radius 2 is 2.11 bits per heavy atom. The summed E-state index contributed by atoms with van der Waals surface area (Å²) in [5.41, 5.74) is 3.81. The van der Waals surface area contributed by atoms with E-state index in [4.69, 9.17) is 11.6 Å². The Kier molecular flexibility index (Phi) is 4.56. The molecule has 2 aromatic rings. The molecule has 3 nitrogen and oxygen atoms in total. The monoisotopic (exact) mass is 261 g/mol. The highest BCUT2D eigenvalue weighted by Crippen LogP contribution is 2.09. The Balaban J connectivity index is 2.02. The van der Waals surface area contributed by atoms with Crippen LogP contribution in [0, 0.1) is 0 Å². The summed E-state index contributed by atoms with van der Waals surface area (Å²) < 4.78 is 1.89. The van der Waals surface area contributed by atoms with Crippen molar-refractivity contribution in [2.45, 2.75) is 6.54 Å². The van der Waals surface area contributed by atoms with E-state index in [2.05, 4.69) is 23.2 Å². The fraction of sp³-hybridized carbons (Fsp3) is 0.214. The molecule has 0 unspecified atom stereocenters. The fourth-order valence-electron chi connectivity index (χ4n) is 1.76. The molecule has 94 valence electrons. The van der Waals surface area contributed by atoms with Crippen molar-refractivity contribution in [2.75, 3.05) is 13.6 Å². The average molecular weight is 262 g/mol. The van der Waals surface area contributed by atoms with Gasteiger partial charge in [0.2, 0.25) is 0 Å². The number of likely N-dealkylation sites (N-methyl/N-ethyl adjacent to an activating group) is 1. The van der Waals surface area contributed by atoms with E-state index >= 15 is 0 Å². The summed E-state index contributed by atoms with van der Waals surface area (Å²) >= 11 is 5.51. The summed E-state index contributed by atoms with van der Waals surface area (Å²) in [6.07, 6.45) is 5.87. The largest absolute Gasteiger partial charge is 0.298 e. The standard InChI is InChI=1S/C14H16ClN3/c1-17(9-5-8-15)11-13-10-16-18(12-13)14-6-3-2-4-7-14/h2-8,10,12H,9,11H2,1H3/b8-5+. The van der Waals surface area contributed by atoms with Crippen LogP contribution in [-0.4, -0.2) is 28.3 Å². The van der Waals surface area contributed by atoms with Crippen molar-refractivity contribution in [3.05, 3.63) is 59.9 Å². The van der Waals surface area contributed by atoms with Gasteiger partial charge in [0.05, 0.1) is 11.9 Å². The first kappa shape index (κ1) is 12.9. The summed E-state index contributed by atoms with van der Waals surface area (Å²) in [5, 5.41) is 4.37. The maximum absolute atomic E-state index is 5.51. The first-order chi connectivity index (χ1) is 8.79. The molecule has 4 heteroatoms. The van der Waals surface area contributed by atoms with Crippen LogP contribution in [0.15, 0.2) is 54.3 Å². The van der Waals surface area contributed by atoms with Gasteiger partial charge in [-0.25, -0.2) is 4.68 Å². The first-order valence-corrected chi connectivity index (χ1v) is 6.26. The van der Waals surface area contributed by atoms with Crippen molar-refractivity contribution in [3.63, 3.8) is 0 Å². The minimum Gasteiger partial charge on any atom is -0.298 e. The molecule has 0 amide bonds. The Morgan fingerprint density at radius 1 is 1.33 bits per heavy atom. The second-order valence-corrected chi connectivity index (χ2v) is 4.44. The van der Waals surface area contributed by atoms with Gasteiger partial charge in [-0.1, -0.05) is 35.9 Å². The van der Waals surface area contributed by atoms with Crippen LogP contribution < -0.4 is 0 Å². The SMILES string of the molecule is CN(C/C=C/Cl)Cc1cnn(-c2ccccc2)c1. The van der Waals surface area contributed by atoms with Gasteiger partial charge < -0.3 is 0 Å². The Hall–Kier alpha value is -1.58. The topological polar surface area (TPSA) is 21.1 Å². The summed E-state index contributed by atoms with van der Waals surface area (Å²) in [6.45, 7) is 1.69. The van der Waals surface area contributed by atoms with Gasteiger partial charge in [-0.2, -0.15) is 5.10 Å². The molecular formula is C14H16ClN3. The van der Waals surface area contributed by atoms with Gasteiger partial charge >= 0.3 is 0 Å². The van der Waals surface area contributed by atoms with Gasteiger partial charge in [0.25, 0.3) is 0 Å². The molecule has 0 bridgehead atoms. The third-order valence-electron chi connectivity index (χ3n) is 2.62. The molecule has 0 spiro atoms. The molecule has 0 fully saturated rings. The van der Waals surface area contributed by atoms with Crippen molar-refractivity contribution < 1.29 is 0 Å². The van der Waals surface area contributed by atoms with Crippen LogP contribution in [0.2, 0.25) is 0 Å². The maximum Gasteiger partial charge on any atom is 0.0645 e. The number of halogens is 1. The van der Waals surface area contributed by atoms with E-state index in [1.165, 1.54) is 5.56 Å². The molecule has 0 aliphatic carbocycles. The van der Waals surface area contributed by atoms with Crippen LogP contribution in [0.4, 0.5) is 0 Å². The molecule has 0 N–H and O–H groups in total. The zero-order chi connectivity index (χ0) is 12.8. The van der Waals surface area contributed by atoms with Crippen molar-refractivity contribution in [3.8, 4) is 5.69 Å². The lowest BCUT2D eigenvalue weighted by Gasteiger charge is -2.12. The second kappa shape index (κ2) is 6.38. The predicted octanol–water partition coefficient (Wildman–Crippen LogP) is 3.06. The number of hydrogen-bond donors (Lipinski definition) is 0. The smallest absolute Gasteiger partial charge is 0.0645 e. The van der Waals surface area contributed by atoms with E-state index in [1.807, 2.05) is 47.3 Å². The Bertz CT molecular complexity index is 505. The van der Waals surface area contributed by atoms with Crippen LogP contribution in [0.5, 0.6) is 0 Å². The van der Waals surface area contributed by atoms with Crippen LogP contribution in [0.25, 0.3) is 5.69 Å². The Morgan fingerprint density at radius 3 is 2.83 bits per heavy atom. The van der Waals surface area contributed by atoms with Gasteiger partial charge in [0.15, 0.2) is 0 Å². The van der Waals surface area contributed by atoms with E-state index in [0.29, 0.717) is 0 Å². The molecule has 0 atom stereocenters. The molecule has 0 aliphatic rings. The third kappa shape index (κ3) is 3.45. The minimum absolute atomic E-state index is 0.833. The van der Waals surface area contributed by atoms with Gasteiger partial charge in [0, 0.05) is 30.4 Å². The molecule has 1 aromatic carbocycles. The van der Waals surface area contributed by atoms with Crippen LogP contribution in [0.1, 0.15) is 5.56 Å². The quantitative estimate of drug-likeness (QED) is 0.825. The molecule has 1 aromatic heterocycles. The summed E-state index contributed by atoms with van der Waals surface area (Å²) in [4.78, 5) is 2.17. The van der Waals surface area contributed by atoms with Crippen LogP contribution in [-0.2, 0) is 6.54 Å². The van der Waals surface area contributed by atoms with E-state index in [0.717, 1.165) is 18.8 Å². The molecule has 18 heavy (non-hydrogen) atoms. The number of nitrogens with zero attached hydrogens (tertiary/aromatic N) is 3. The van der Waals surface area contributed by atoms with E-state index in [-0.39, 0.29) is 0 Å². The summed E-state index contributed by atoms with van der Waals surface area (Å²) in [6, 6.07) is 10.1. The lowest BCUT2D eigenvalue weighted by Crippen LogP contribution is -2.17. The molecule has 0 saturated heterocycles. The third-order valence-corrected chi connectivity index (χ3v) is 2.79. The van der Waals surface area contributed by atoms with Crippen molar-refractivity contribution in [2.24, 2.45) is 0 Å². The molecule has 0 saturated carbocycles. The molecular weight excluding hydrogens is 246 g/mol. The number of benzene rings is 1. The number of hydrogen-bond acceptors (Lipinski definition) is 2. The van der Waals surface area contributed by atoms with E-state index < -0.39 is 0 Å². The van der Waals surface area contributed by atoms with Gasteiger partial charge in [-0.15, -0.1) is 0 Å². The zero-order valence-electron chi connectivity index (χ0n) is 10.3. The summed E-state index contributed by atoms with van der Waals surface area (Å²) in [7, 11) is 2.05. The van der Waals surface area contributed by atoms with Gasteiger partial charge in [-0.05, 0) is 19.2 Å². The second-order valence-electron chi connectivity index (χ2n) is 4.19. The van der Waals surface area contributed by atoms with Crippen molar-refractivity contribution in [1.29, 1.82) is 0 Å². The van der Waals surface area contributed by atoms with Crippen molar-refractivity contribution in [1.82, 2.24) is 14.7 Å². The van der Waals surface area contributed by atoms with Gasteiger partial charge in [-0.3, -0.25) is 4.90 Å². The van der Waals surface area contributed by atoms with Crippen LogP contribution >= 0.6 is 11.6 Å². The van der Waals surface area contributed by atoms with E-state index in [1.54, 1.807) is 5.54 Å².